The maximum atomic E-state index is 13.6. The minimum absolute atomic E-state index is 0.0929. The number of halogens is 2. The zero-order valence-corrected chi connectivity index (χ0v) is 22.5. The molecule has 2 aromatic rings. The molecule has 0 spiro atoms. The molecule has 10 heteroatoms. The van der Waals surface area contributed by atoms with E-state index in [0.717, 1.165) is 47.4 Å². The summed E-state index contributed by atoms with van der Waals surface area (Å²) in [5, 5.41) is 3.93. The van der Waals surface area contributed by atoms with Crippen molar-refractivity contribution in [1.82, 2.24) is 10.2 Å². The van der Waals surface area contributed by atoms with Crippen molar-refractivity contribution in [1.29, 1.82) is 0 Å². The van der Waals surface area contributed by atoms with Crippen LogP contribution in [0.1, 0.15) is 43.7 Å². The number of aryl methyl sites for hydroxylation is 1. The Labute approximate surface area is 217 Å². The molecule has 1 unspecified atom stereocenters. The largest absolute Gasteiger partial charge is 0.352 e. The molecule has 0 bridgehead atoms. The molecule has 190 valence electrons. The number of nitrogens with one attached hydrogen (secondary N) is 1. The topological polar surface area (TPSA) is 86.8 Å². The summed E-state index contributed by atoms with van der Waals surface area (Å²) in [5.41, 5.74) is 1.80. The Morgan fingerprint density at radius 2 is 1.80 bits per heavy atom. The molecule has 2 aromatic carbocycles. The minimum Gasteiger partial charge on any atom is -0.352 e. The fourth-order valence-corrected chi connectivity index (χ4v) is 5.39. The maximum absolute atomic E-state index is 13.6. The summed E-state index contributed by atoms with van der Waals surface area (Å²) in [6, 6.07) is 11.1. The van der Waals surface area contributed by atoms with E-state index in [1.54, 1.807) is 44.2 Å². The third kappa shape index (κ3) is 7.35. The Morgan fingerprint density at radius 3 is 2.40 bits per heavy atom. The highest BCUT2D eigenvalue weighted by Crippen LogP contribution is 2.26. The molecular formula is C25H31Cl2N3O4S. The molecule has 1 N–H and O–H groups in total. The molecule has 1 fully saturated rings. The summed E-state index contributed by atoms with van der Waals surface area (Å²) in [4.78, 5) is 28.0. The zero-order valence-electron chi connectivity index (χ0n) is 20.1. The summed E-state index contributed by atoms with van der Waals surface area (Å²) in [5.74, 6) is -0.780. The van der Waals surface area contributed by atoms with E-state index in [-0.39, 0.29) is 24.2 Å². The second-order valence-electron chi connectivity index (χ2n) is 9.02. The lowest BCUT2D eigenvalue weighted by Crippen LogP contribution is -2.52. The molecule has 3 rings (SSSR count). The number of hydrogen-bond acceptors (Lipinski definition) is 4. The molecule has 7 nitrogen and oxygen atoms in total. The highest BCUT2D eigenvalue weighted by Gasteiger charge is 2.31. The molecule has 1 atom stereocenters. The normalized spacial score (nSPS) is 15.0. The molecule has 0 aliphatic heterocycles. The van der Waals surface area contributed by atoms with Gasteiger partial charge in [0.1, 0.15) is 12.6 Å². The summed E-state index contributed by atoms with van der Waals surface area (Å²) >= 11 is 12.4. The lowest BCUT2D eigenvalue weighted by molar-refractivity contribution is -0.139. The molecule has 35 heavy (non-hydrogen) atoms. The van der Waals surface area contributed by atoms with Crippen LogP contribution in [0.3, 0.4) is 0 Å². The Morgan fingerprint density at radius 1 is 1.11 bits per heavy atom. The van der Waals surface area contributed by atoms with Gasteiger partial charge >= 0.3 is 0 Å². The average Bonchev–Trinajstić information content (AvgIpc) is 3.29. The number of amides is 2. The molecule has 1 aliphatic rings. The van der Waals surface area contributed by atoms with E-state index in [1.165, 1.54) is 11.0 Å². The van der Waals surface area contributed by atoms with Crippen molar-refractivity contribution < 1.29 is 18.0 Å². The van der Waals surface area contributed by atoms with Crippen LogP contribution in [0, 0.1) is 6.92 Å². The highest BCUT2D eigenvalue weighted by molar-refractivity contribution is 7.92. The first kappa shape index (κ1) is 27.3. The van der Waals surface area contributed by atoms with Gasteiger partial charge in [0.25, 0.3) is 0 Å². The predicted octanol–water partition coefficient (Wildman–Crippen LogP) is 4.54. The van der Waals surface area contributed by atoms with Gasteiger partial charge in [-0.1, -0.05) is 54.2 Å². The highest BCUT2D eigenvalue weighted by atomic mass is 35.5. The van der Waals surface area contributed by atoms with Gasteiger partial charge in [-0.05, 0) is 62.1 Å². The molecule has 0 aromatic heterocycles. The molecule has 1 aliphatic carbocycles. The van der Waals surface area contributed by atoms with Gasteiger partial charge in [0.05, 0.1) is 11.9 Å². The van der Waals surface area contributed by atoms with Gasteiger partial charge in [-0.3, -0.25) is 13.9 Å². The van der Waals surface area contributed by atoms with E-state index in [2.05, 4.69) is 5.32 Å². The molecule has 0 saturated heterocycles. The van der Waals surface area contributed by atoms with Gasteiger partial charge in [0, 0.05) is 22.6 Å². The van der Waals surface area contributed by atoms with Crippen LogP contribution in [-0.2, 0) is 26.2 Å². The van der Waals surface area contributed by atoms with E-state index in [4.69, 9.17) is 23.2 Å². The van der Waals surface area contributed by atoms with Crippen molar-refractivity contribution in [2.75, 3.05) is 17.1 Å². The number of sulfonamides is 1. The van der Waals surface area contributed by atoms with Crippen LogP contribution >= 0.6 is 23.2 Å². The number of benzene rings is 2. The van der Waals surface area contributed by atoms with Crippen molar-refractivity contribution in [2.24, 2.45) is 0 Å². The van der Waals surface area contributed by atoms with Gasteiger partial charge in [0.2, 0.25) is 21.8 Å². The van der Waals surface area contributed by atoms with Crippen LogP contribution in [0.5, 0.6) is 0 Å². The van der Waals surface area contributed by atoms with Crippen LogP contribution in [0.25, 0.3) is 0 Å². The van der Waals surface area contributed by atoms with E-state index >= 15 is 0 Å². The number of nitrogens with zero attached hydrogens (tertiary/aromatic N) is 2. The number of anilines is 1. The van der Waals surface area contributed by atoms with Crippen LogP contribution in [0.4, 0.5) is 5.69 Å². The number of carbonyl (C=O) groups excluding carboxylic acids is 2. The van der Waals surface area contributed by atoms with E-state index < -0.39 is 28.5 Å². The lowest BCUT2D eigenvalue weighted by atomic mass is 10.1. The van der Waals surface area contributed by atoms with Crippen molar-refractivity contribution >= 4 is 50.7 Å². The molecule has 0 heterocycles. The van der Waals surface area contributed by atoms with E-state index in [1.807, 2.05) is 6.07 Å². The Balaban J connectivity index is 1.89. The standard InChI is InChI=1S/C25H31Cl2N3O4S/c1-17-11-12-22(14-23(17)27)30(35(3,33)34)16-24(31)29(15-19-7-6-8-20(26)13-19)18(2)25(32)28-21-9-4-5-10-21/h6-8,11-14,18,21H,4-5,9-10,15-16H2,1-3H3,(H,28,32). The van der Waals surface area contributed by atoms with Crippen LogP contribution in [0.2, 0.25) is 10.0 Å². The Bertz CT molecular complexity index is 1180. The minimum atomic E-state index is -3.81. The van der Waals surface area contributed by atoms with E-state index in [0.29, 0.717) is 10.0 Å². The van der Waals surface area contributed by atoms with Crippen molar-refractivity contribution in [3.8, 4) is 0 Å². The average molecular weight is 541 g/mol. The quantitative estimate of drug-likeness (QED) is 0.506. The number of rotatable bonds is 9. The SMILES string of the molecule is Cc1ccc(N(CC(=O)N(Cc2cccc(Cl)c2)C(C)C(=O)NC2CCCC2)S(C)(=O)=O)cc1Cl. The first-order valence-corrected chi connectivity index (χ1v) is 14.1. The monoisotopic (exact) mass is 539 g/mol. The Kier molecular flexibility index (Phi) is 9.07. The molecule has 1 saturated carbocycles. The summed E-state index contributed by atoms with van der Waals surface area (Å²) < 4.78 is 26.3. The lowest BCUT2D eigenvalue weighted by Gasteiger charge is -2.32. The van der Waals surface area contributed by atoms with Gasteiger partial charge in [-0.2, -0.15) is 0 Å². The van der Waals surface area contributed by atoms with Gasteiger partial charge in [-0.25, -0.2) is 8.42 Å². The summed E-state index contributed by atoms with van der Waals surface area (Å²) in [6.45, 7) is 3.09. The smallest absolute Gasteiger partial charge is 0.244 e. The first-order chi connectivity index (χ1) is 16.5. The van der Waals surface area contributed by atoms with Crippen molar-refractivity contribution in [3.05, 3.63) is 63.6 Å². The van der Waals surface area contributed by atoms with Crippen molar-refractivity contribution in [2.45, 2.75) is 58.2 Å². The fraction of sp³-hybridized carbons (Fsp3) is 0.440. The summed E-state index contributed by atoms with van der Waals surface area (Å²) in [6.07, 6.45) is 4.99. The Hall–Kier alpha value is -2.29. The van der Waals surface area contributed by atoms with Crippen LogP contribution < -0.4 is 9.62 Å². The summed E-state index contributed by atoms with van der Waals surface area (Å²) in [7, 11) is -3.81. The van der Waals surface area contributed by atoms with Crippen molar-refractivity contribution in [3.63, 3.8) is 0 Å². The van der Waals surface area contributed by atoms with E-state index in [9.17, 15) is 18.0 Å². The van der Waals surface area contributed by atoms with Crippen LogP contribution in [0.15, 0.2) is 42.5 Å². The first-order valence-electron chi connectivity index (χ1n) is 11.5. The zero-order chi connectivity index (χ0) is 25.8. The molecule has 0 radical (unpaired) electrons. The van der Waals surface area contributed by atoms with Gasteiger partial charge in [0.15, 0.2) is 0 Å². The molecular weight excluding hydrogens is 509 g/mol. The maximum Gasteiger partial charge on any atom is 0.244 e. The van der Waals surface area contributed by atoms with Gasteiger partial charge < -0.3 is 10.2 Å². The predicted molar refractivity (Wildman–Crippen MR) is 140 cm³/mol. The van der Waals surface area contributed by atoms with Crippen LogP contribution in [-0.4, -0.2) is 50.0 Å². The number of carbonyl (C=O) groups is 2. The third-order valence-electron chi connectivity index (χ3n) is 6.23. The second kappa shape index (κ2) is 11.6. The van der Waals surface area contributed by atoms with Gasteiger partial charge in [-0.15, -0.1) is 0 Å². The molecule has 2 amide bonds. The fourth-order valence-electron chi connectivity index (χ4n) is 4.16. The third-order valence-corrected chi connectivity index (χ3v) is 8.02. The number of hydrogen-bond donors (Lipinski definition) is 1. The second-order valence-corrected chi connectivity index (χ2v) is 11.8.